The van der Waals surface area contributed by atoms with Crippen LogP contribution in [0.15, 0.2) is 0 Å². The molecular formula is C17H28N4. The quantitative estimate of drug-likeness (QED) is 0.905. The molecule has 3 rings (SSSR count). The molecule has 0 aromatic carbocycles. The summed E-state index contributed by atoms with van der Waals surface area (Å²) in [4.78, 5) is 11.6. The summed E-state index contributed by atoms with van der Waals surface area (Å²) >= 11 is 0. The molecule has 1 aliphatic heterocycles. The van der Waals surface area contributed by atoms with Gasteiger partial charge in [0.05, 0.1) is 0 Å². The van der Waals surface area contributed by atoms with Crippen LogP contribution in [0.3, 0.4) is 0 Å². The molecule has 0 atom stereocenters. The van der Waals surface area contributed by atoms with Crippen LogP contribution >= 0.6 is 0 Å². The average molecular weight is 288 g/mol. The lowest BCUT2D eigenvalue weighted by Gasteiger charge is -2.45. The lowest BCUT2D eigenvalue weighted by atomic mass is 9.68. The first kappa shape index (κ1) is 14.6. The first-order valence-corrected chi connectivity index (χ1v) is 8.51. The van der Waals surface area contributed by atoms with E-state index < -0.39 is 0 Å². The molecule has 0 amide bonds. The van der Waals surface area contributed by atoms with Gasteiger partial charge in [-0.2, -0.15) is 0 Å². The first-order chi connectivity index (χ1) is 10.1. The van der Waals surface area contributed by atoms with E-state index in [0.29, 0.717) is 11.2 Å². The molecule has 1 aromatic heterocycles. The van der Waals surface area contributed by atoms with Crippen molar-refractivity contribution in [1.29, 1.82) is 0 Å². The number of hydrogen-bond acceptors (Lipinski definition) is 4. The molecule has 2 heterocycles. The van der Waals surface area contributed by atoms with E-state index >= 15 is 0 Å². The normalized spacial score (nSPS) is 21.7. The van der Waals surface area contributed by atoms with Gasteiger partial charge in [0.25, 0.3) is 0 Å². The average Bonchev–Trinajstić information content (AvgIpc) is 2.52. The molecule has 2 fully saturated rings. The van der Waals surface area contributed by atoms with Crippen LogP contribution < -0.4 is 10.6 Å². The number of rotatable bonds is 2. The van der Waals surface area contributed by atoms with Crippen molar-refractivity contribution in [2.75, 3.05) is 23.7 Å². The van der Waals surface area contributed by atoms with Gasteiger partial charge in [0.1, 0.15) is 17.5 Å². The highest BCUT2D eigenvalue weighted by Crippen LogP contribution is 2.45. The third-order valence-corrected chi connectivity index (χ3v) is 5.56. The summed E-state index contributed by atoms with van der Waals surface area (Å²) in [6.07, 6.45) is 10.6. The Morgan fingerprint density at radius 2 is 1.71 bits per heavy atom. The third-order valence-electron chi connectivity index (χ3n) is 5.56. The molecule has 1 saturated heterocycles. The number of nitrogens with two attached hydrogens (primary N) is 1. The minimum atomic E-state index is 0.634. The monoisotopic (exact) mass is 288 g/mol. The molecule has 4 heteroatoms. The van der Waals surface area contributed by atoms with Crippen molar-refractivity contribution < 1.29 is 0 Å². The summed E-state index contributed by atoms with van der Waals surface area (Å²) in [7, 11) is 0. The van der Waals surface area contributed by atoms with E-state index in [-0.39, 0.29) is 0 Å². The maximum atomic E-state index is 6.06. The molecule has 1 aliphatic carbocycles. The molecule has 116 valence electrons. The van der Waals surface area contributed by atoms with Crippen LogP contribution in [0.5, 0.6) is 0 Å². The molecular weight excluding hydrogens is 260 g/mol. The smallest absolute Gasteiger partial charge is 0.137 e. The van der Waals surface area contributed by atoms with Crippen molar-refractivity contribution in [2.45, 2.75) is 65.2 Å². The molecule has 2 aliphatic rings. The Morgan fingerprint density at radius 3 is 2.33 bits per heavy atom. The molecule has 0 bridgehead atoms. The first-order valence-electron chi connectivity index (χ1n) is 8.51. The van der Waals surface area contributed by atoms with Crippen molar-refractivity contribution in [2.24, 2.45) is 5.41 Å². The van der Waals surface area contributed by atoms with E-state index in [1.165, 1.54) is 44.9 Å². The minimum Gasteiger partial charge on any atom is -0.383 e. The highest BCUT2D eigenvalue weighted by atomic mass is 15.2. The Bertz CT molecular complexity index is 496. The summed E-state index contributed by atoms with van der Waals surface area (Å²) < 4.78 is 0. The van der Waals surface area contributed by atoms with E-state index in [1.54, 1.807) is 0 Å². The van der Waals surface area contributed by atoms with E-state index in [2.05, 4.69) is 23.7 Å². The lowest BCUT2D eigenvalue weighted by molar-refractivity contribution is 0.144. The molecule has 2 N–H and O–H groups in total. The number of aryl methyl sites for hydroxylation is 1. The van der Waals surface area contributed by atoms with Crippen molar-refractivity contribution in [3.8, 4) is 0 Å². The molecule has 4 nitrogen and oxygen atoms in total. The van der Waals surface area contributed by atoms with Gasteiger partial charge < -0.3 is 10.6 Å². The highest BCUT2D eigenvalue weighted by Gasteiger charge is 2.36. The third kappa shape index (κ3) is 2.85. The summed E-state index contributed by atoms with van der Waals surface area (Å²) in [6.45, 7) is 6.39. The second-order valence-corrected chi connectivity index (χ2v) is 6.87. The van der Waals surface area contributed by atoms with Crippen molar-refractivity contribution in [3.05, 3.63) is 11.4 Å². The molecule has 0 radical (unpaired) electrons. The largest absolute Gasteiger partial charge is 0.383 e. The number of aromatic nitrogens is 2. The predicted molar refractivity (Wildman–Crippen MR) is 87.5 cm³/mol. The van der Waals surface area contributed by atoms with Crippen molar-refractivity contribution >= 4 is 11.6 Å². The topological polar surface area (TPSA) is 55.0 Å². The van der Waals surface area contributed by atoms with Gasteiger partial charge in [0, 0.05) is 25.1 Å². The van der Waals surface area contributed by atoms with Gasteiger partial charge in [-0.3, -0.25) is 0 Å². The number of hydrogen-bond donors (Lipinski definition) is 1. The van der Waals surface area contributed by atoms with Gasteiger partial charge >= 0.3 is 0 Å². The van der Waals surface area contributed by atoms with Crippen molar-refractivity contribution in [1.82, 2.24) is 9.97 Å². The number of nitrogen functional groups attached to an aromatic ring is 1. The van der Waals surface area contributed by atoms with Gasteiger partial charge in [0.2, 0.25) is 0 Å². The molecule has 0 unspecified atom stereocenters. The van der Waals surface area contributed by atoms with Crippen LogP contribution in [0.2, 0.25) is 0 Å². The Labute approximate surface area is 128 Å². The molecule has 1 aromatic rings. The van der Waals surface area contributed by atoms with Gasteiger partial charge in [0.15, 0.2) is 0 Å². The fourth-order valence-electron chi connectivity index (χ4n) is 4.03. The fourth-order valence-corrected chi connectivity index (χ4v) is 4.03. The van der Waals surface area contributed by atoms with E-state index in [0.717, 1.165) is 36.7 Å². The summed E-state index contributed by atoms with van der Waals surface area (Å²) in [6, 6.07) is 0. The second-order valence-electron chi connectivity index (χ2n) is 6.87. The predicted octanol–water partition coefficient (Wildman–Crippen LogP) is 3.48. The Morgan fingerprint density at radius 1 is 1.05 bits per heavy atom. The number of nitrogens with zero attached hydrogens (tertiary/aromatic N) is 3. The van der Waals surface area contributed by atoms with Crippen LogP contribution in [-0.2, 0) is 6.42 Å². The Balaban J connectivity index is 1.76. The molecule has 21 heavy (non-hydrogen) atoms. The summed E-state index contributed by atoms with van der Waals surface area (Å²) in [5.74, 6) is 2.59. The van der Waals surface area contributed by atoms with Gasteiger partial charge in [-0.05, 0) is 38.0 Å². The Kier molecular flexibility index (Phi) is 4.05. The molecule has 1 spiro atoms. The van der Waals surface area contributed by atoms with Crippen molar-refractivity contribution in [3.63, 3.8) is 0 Å². The van der Waals surface area contributed by atoms with Crippen LogP contribution in [-0.4, -0.2) is 23.1 Å². The van der Waals surface area contributed by atoms with Gasteiger partial charge in [-0.1, -0.05) is 26.2 Å². The minimum absolute atomic E-state index is 0.634. The van der Waals surface area contributed by atoms with Gasteiger partial charge in [-0.15, -0.1) is 0 Å². The highest BCUT2D eigenvalue weighted by molar-refractivity contribution is 5.56. The zero-order valence-corrected chi connectivity index (χ0v) is 13.5. The fraction of sp³-hybridized carbons (Fsp3) is 0.765. The van der Waals surface area contributed by atoms with Crippen LogP contribution in [0.25, 0.3) is 0 Å². The van der Waals surface area contributed by atoms with Crippen LogP contribution in [0, 0.1) is 12.3 Å². The van der Waals surface area contributed by atoms with E-state index in [4.69, 9.17) is 10.7 Å². The van der Waals surface area contributed by atoms with E-state index in [9.17, 15) is 0 Å². The lowest BCUT2D eigenvalue weighted by Crippen LogP contribution is -2.42. The summed E-state index contributed by atoms with van der Waals surface area (Å²) in [5, 5.41) is 0. The zero-order chi connectivity index (χ0) is 14.9. The number of piperidine rings is 1. The van der Waals surface area contributed by atoms with Gasteiger partial charge in [-0.25, -0.2) is 9.97 Å². The van der Waals surface area contributed by atoms with Crippen LogP contribution in [0.1, 0.15) is 63.3 Å². The van der Waals surface area contributed by atoms with Crippen LogP contribution in [0.4, 0.5) is 11.6 Å². The zero-order valence-electron chi connectivity index (χ0n) is 13.5. The SMILES string of the molecule is CCc1nc(N)c(C)c(N2CCC3(CCCCC3)CC2)n1. The van der Waals surface area contributed by atoms with E-state index in [1.807, 2.05) is 0 Å². The summed E-state index contributed by atoms with van der Waals surface area (Å²) in [5.41, 5.74) is 7.74. The Hall–Kier alpha value is -1.32. The maximum absolute atomic E-state index is 6.06. The number of anilines is 2. The second kappa shape index (κ2) is 5.82. The molecule has 1 saturated carbocycles. The standard InChI is InChI=1S/C17H28N4/c1-3-14-19-15(18)13(2)16(20-14)21-11-9-17(10-12-21)7-5-4-6-8-17/h3-12H2,1-2H3,(H2,18,19,20). The maximum Gasteiger partial charge on any atom is 0.137 e.